The van der Waals surface area contributed by atoms with Crippen LogP contribution >= 0.6 is 15.9 Å². The summed E-state index contributed by atoms with van der Waals surface area (Å²) in [4.78, 5) is 16.9. The molecule has 0 unspecified atom stereocenters. The molecule has 3 N–H and O–H groups in total. The zero-order valence-electron chi connectivity index (χ0n) is 12.0. The molecule has 2 aromatic carbocycles. The van der Waals surface area contributed by atoms with Crippen molar-refractivity contribution in [2.45, 2.75) is 6.42 Å². The van der Waals surface area contributed by atoms with Crippen molar-refractivity contribution in [3.63, 3.8) is 0 Å². The van der Waals surface area contributed by atoms with Crippen LogP contribution in [0.25, 0.3) is 0 Å². The van der Waals surface area contributed by atoms with E-state index in [0.717, 1.165) is 15.8 Å². The lowest BCUT2D eigenvalue weighted by molar-refractivity contribution is -0.722. The molecular formula is C16H16BrN2O3+. The Balaban J connectivity index is 2.02. The lowest BCUT2D eigenvalue weighted by atomic mass is 10.1. The van der Waals surface area contributed by atoms with E-state index in [0.29, 0.717) is 17.8 Å². The number of nitrogens with one attached hydrogen (secondary N) is 1. The SMILES string of the molecule is COc1ccccc1CC(N)=[NH+]OC(=O)c1cccc(Br)c1. The molecule has 0 fully saturated rings. The second kappa shape index (κ2) is 7.61. The summed E-state index contributed by atoms with van der Waals surface area (Å²) in [6.07, 6.45) is 0.385. The first-order valence-corrected chi connectivity index (χ1v) is 7.35. The zero-order valence-corrected chi connectivity index (χ0v) is 13.6. The monoisotopic (exact) mass is 363 g/mol. The molecule has 0 aromatic heterocycles. The molecule has 2 rings (SSSR count). The van der Waals surface area contributed by atoms with Gasteiger partial charge in [0.15, 0.2) is 0 Å². The van der Waals surface area contributed by atoms with E-state index in [2.05, 4.69) is 21.1 Å². The molecule has 114 valence electrons. The lowest BCUT2D eigenvalue weighted by Gasteiger charge is -2.05. The fourth-order valence-electron chi connectivity index (χ4n) is 1.88. The van der Waals surface area contributed by atoms with E-state index in [1.807, 2.05) is 30.3 Å². The van der Waals surface area contributed by atoms with Crippen LogP contribution in [-0.4, -0.2) is 18.9 Å². The molecule has 22 heavy (non-hydrogen) atoms. The number of para-hydroxylation sites is 1. The summed E-state index contributed by atoms with van der Waals surface area (Å²) in [7, 11) is 1.59. The van der Waals surface area contributed by atoms with Crippen molar-refractivity contribution < 1.29 is 19.5 Å². The molecule has 0 aliphatic heterocycles. The van der Waals surface area contributed by atoms with Crippen LogP contribution in [0.1, 0.15) is 15.9 Å². The lowest BCUT2D eigenvalue weighted by Crippen LogP contribution is -2.75. The third-order valence-corrected chi connectivity index (χ3v) is 3.40. The van der Waals surface area contributed by atoms with Crippen LogP contribution in [-0.2, 0) is 11.3 Å². The first-order chi connectivity index (χ1) is 10.6. The number of halogens is 1. The van der Waals surface area contributed by atoms with Gasteiger partial charge in [-0.2, -0.15) is 0 Å². The molecule has 5 nitrogen and oxygen atoms in total. The number of ether oxygens (including phenoxy) is 1. The highest BCUT2D eigenvalue weighted by Gasteiger charge is 2.11. The van der Waals surface area contributed by atoms with Crippen molar-refractivity contribution in [3.8, 4) is 5.75 Å². The van der Waals surface area contributed by atoms with Crippen molar-refractivity contribution in [1.29, 1.82) is 0 Å². The second-order valence-electron chi connectivity index (χ2n) is 4.52. The molecule has 0 aliphatic rings. The average molecular weight is 364 g/mol. The topological polar surface area (TPSA) is 75.5 Å². The summed E-state index contributed by atoms with van der Waals surface area (Å²) < 4.78 is 6.04. The van der Waals surface area contributed by atoms with Crippen molar-refractivity contribution in [2.75, 3.05) is 7.11 Å². The van der Waals surface area contributed by atoms with Crippen LogP contribution < -0.4 is 15.6 Å². The molecule has 0 heterocycles. The second-order valence-corrected chi connectivity index (χ2v) is 5.43. The van der Waals surface area contributed by atoms with Crippen molar-refractivity contribution >= 4 is 27.7 Å². The Morgan fingerprint density at radius 1 is 1.23 bits per heavy atom. The van der Waals surface area contributed by atoms with E-state index in [1.165, 1.54) is 0 Å². The number of benzene rings is 2. The van der Waals surface area contributed by atoms with Crippen LogP contribution in [0, 0.1) is 0 Å². The number of hydrogen-bond donors (Lipinski definition) is 2. The molecule has 0 bridgehead atoms. The van der Waals surface area contributed by atoms with Crippen LogP contribution in [0.5, 0.6) is 5.75 Å². The summed E-state index contributed by atoms with van der Waals surface area (Å²) in [6.45, 7) is 0. The van der Waals surface area contributed by atoms with Gasteiger partial charge >= 0.3 is 5.97 Å². The van der Waals surface area contributed by atoms with Crippen molar-refractivity contribution in [1.82, 2.24) is 0 Å². The molecule has 0 amide bonds. The van der Waals surface area contributed by atoms with Gasteiger partial charge in [-0.25, -0.2) is 4.79 Å². The third-order valence-electron chi connectivity index (χ3n) is 2.91. The highest BCUT2D eigenvalue weighted by atomic mass is 79.9. The van der Waals surface area contributed by atoms with Gasteiger partial charge in [0.1, 0.15) is 5.75 Å². The van der Waals surface area contributed by atoms with E-state index in [1.54, 1.807) is 25.3 Å². The number of nitrogens with two attached hydrogens (primary N) is 1. The molecule has 0 atom stereocenters. The average Bonchev–Trinajstić information content (AvgIpc) is 2.53. The minimum atomic E-state index is -0.510. The van der Waals surface area contributed by atoms with Crippen LogP contribution in [0.2, 0.25) is 0 Å². The van der Waals surface area contributed by atoms with E-state index >= 15 is 0 Å². The predicted octanol–water partition coefficient (Wildman–Crippen LogP) is 1.21. The Labute approximate surface area is 136 Å². The van der Waals surface area contributed by atoms with Crippen LogP contribution in [0.15, 0.2) is 53.0 Å². The smallest absolute Gasteiger partial charge is 0.387 e. The number of carbonyl (C=O) groups excluding carboxylic acids is 1. The van der Waals surface area contributed by atoms with Gasteiger partial charge in [-0.1, -0.05) is 45.4 Å². The molecule has 0 saturated carbocycles. The number of methoxy groups -OCH3 is 1. The Hall–Kier alpha value is -2.34. The van der Waals surface area contributed by atoms with Crippen molar-refractivity contribution in [2.24, 2.45) is 5.73 Å². The third kappa shape index (κ3) is 4.33. The fourth-order valence-corrected chi connectivity index (χ4v) is 2.28. The maximum Gasteiger partial charge on any atom is 0.387 e. The first kappa shape index (κ1) is 16.0. The number of hydrogen-bond acceptors (Lipinski definition) is 3. The Bertz CT molecular complexity index is 701. The molecule has 0 saturated heterocycles. The maximum absolute atomic E-state index is 11.9. The van der Waals surface area contributed by atoms with Gasteiger partial charge in [0, 0.05) is 10.0 Å². The van der Waals surface area contributed by atoms with Gasteiger partial charge in [0.2, 0.25) is 0 Å². The van der Waals surface area contributed by atoms with Crippen molar-refractivity contribution in [3.05, 3.63) is 64.1 Å². The van der Waals surface area contributed by atoms with E-state index < -0.39 is 5.97 Å². The maximum atomic E-state index is 11.9. The van der Waals surface area contributed by atoms with E-state index in [9.17, 15) is 4.79 Å². The largest absolute Gasteiger partial charge is 0.496 e. The highest BCUT2D eigenvalue weighted by Crippen LogP contribution is 2.17. The van der Waals surface area contributed by atoms with Gasteiger partial charge in [-0.05, 0) is 24.3 Å². The van der Waals surface area contributed by atoms with Gasteiger partial charge in [-0.3, -0.25) is 10.6 Å². The number of amidine groups is 1. The predicted molar refractivity (Wildman–Crippen MR) is 86.4 cm³/mol. The van der Waals surface area contributed by atoms with Crippen LogP contribution in [0.4, 0.5) is 0 Å². The number of rotatable bonds is 5. The van der Waals surface area contributed by atoms with E-state index in [-0.39, 0.29) is 0 Å². The molecule has 0 spiro atoms. The molecule has 2 aromatic rings. The van der Waals surface area contributed by atoms with Gasteiger partial charge in [-0.15, -0.1) is 0 Å². The van der Waals surface area contributed by atoms with Gasteiger partial charge < -0.3 is 4.74 Å². The Kier molecular flexibility index (Phi) is 5.55. The van der Waals surface area contributed by atoms with E-state index in [4.69, 9.17) is 15.3 Å². The fraction of sp³-hybridized carbons (Fsp3) is 0.125. The van der Waals surface area contributed by atoms with Gasteiger partial charge in [0.05, 0.1) is 19.1 Å². The zero-order chi connectivity index (χ0) is 15.9. The number of carbonyl (C=O) groups is 1. The molecular weight excluding hydrogens is 348 g/mol. The summed E-state index contributed by atoms with van der Waals surface area (Å²) in [5, 5.41) is 2.47. The molecule has 0 radical (unpaired) electrons. The first-order valence-electron chi connectivity index (χ1n) is 6.56. The van der Waals surface area contributed by atoms with Crippen LogP contribution in [0.3, 0.4) is 0 Å². The summed E-state index contributed by atoms with van der Waals surface area (Å²) in [5.74, 6) is 0.530. The highest BCUT2D eigenvalue weighted by molar-refractivity contribution is 9.10. The normalized spacial score (nSPS) is 11.1. The Morgan fingerprint density at radius 3 is 2.73 bits per heavy atom. The minimum Gasteiger partial charge on any atom is -0.496 e. The Morgan fingerprint density at radius 2 is 2.00 bits per heavy atom. The summed E-state index contributed by atoms with van der Waals surface area (Å²) in [6, 6.07) is 14.4. The minimum absolute atomic E-state index is 0.313. The molecule has 0 aliphatic carbocycles. The standard InChI is InChI=1S/C16H15BrN2O3/c1-21-14-8-3-2-5-11(14)10-15(18)19-22-16(20)12-6-4-7-13(17)9-12/h2-9H,10H2,1H3,(H2,18,19)/p+1. The summed E-state index contributed by atoms with van der Waals surface area (Å²) >= 11 is 3.30. The quantitative estimate of drug-likeness (QED) is 0.362. The van der Waals surface area contributed by atoms with Gasteiger partial charge in [0.25, 0.3) is 5.84 Å². The molecule has 6 heteroatoms. The summed E-state index contributed by atoms with van der Waals surface area (Å²) in [5.41, 5.74) is 7.17.